The molecule has 1 spiro atoms. The van der Waals surface area contributed by atoms with Crippen LogP contribution >= 0.6 is 0 Å². The quantitative estimate of drug-likeness (QED) is 0.724. The summed E-state index contributed by atoms with van der Waals surface area (Å²) >= 11 is 0. The van der Waals surface area contributed by atoms with Crippen LogP contribution in [0.2, 0.25) is 0 Å². The maximum absolute atomic E-state index is 10.8. The third kappa shape index (κ3) is 1.19. The number of carboxylic acids is 1. The summed E-state index contributed by atoms with van der Waals surface area (Å²) in [6, 6.07) is 1.62. The lowest BCUT2D eigenvalue weighted by atomic mass is 10.2. The molecule has 5 nitrogen and oxygen atoms in total. The van der Waals surface area contributed by atoms with Crippen molar-refractivity contribution in [1.29, 1.82) is 0 Å². The monoisotopic (exact) mass is 208 g/mol. The van der Waals surface area contributed by atoms with Crippen LogP contribution in [0.25, 0.3) is 0 Å². The van der Waals surface area contributed by atoms with Crippen LogP contribution in [0.5, 0.6) is 5.88 Å². The molecule has 15 heavy (non-hydrogen) atoms. The van der Waals surface area contributed by atoms with Gasteiger partial charge in [-0.2, -0.15) is 0 Å². The van der Waals surface area contributed by atoms with E-state index in [1.165, 1.54) is 0 Å². The number of rotatable bonds is 1. The fourth-order valence-electron chi connectivity index (χ4n) is 2.07. The van der Waals surface area contributed by atoms with Gasteiger partial charge in [0, 0.05) is 7.05 Å². The molecule has 0 aromatic carbocycles. The van der Waals surface area contributed by atoms with E-state index in [9.17, 15) is 4.79 Å². The van der Waals surface area contributed by atoms with E-state index in [0.29, 0.717) is 5.88 Å². The fourth-order valence-corrected chi connectivity index (χ4v) is 2.07. The summed E-state index contributed by atoms with van der Waals surface area (Å²) in [4.78, 5) is 15.6. The Labute approximate surface area is 86.6 Å². The van der Waals surface area contributed by atoms with E-state index in [-0.39, 0.29) is 11.3 Å². The molecule has 0 amide bonds. The first-order valence-corrected chi connectivity index (χ1v) is 4.96. The molecule has 1 saturated carbocycles. The number of hydrogen-bond donors (Lipinski definition) is 2. The summed E-state index contributed by atoms with van der Waals surface area (Å²) in [6.07, 6.45) is 2.11. The molecule has 1 fully saturated rings. The summed E-state index contributed by atoms with van der Waals surface area (Å²) in [7, 11) is 1.96. The molecule has 2 aliphatic rings. The molecule has 1 aliphatic carbocycles. The van der Waals surface area contributed by atoms with Crippen LogP contribution in [0.1, 0.15) is 23.3 Å². The minimum atomic E-state index is -0.953. The first-order valence-electron chi connectivity index (χ1n) is 4.96. The smallest absolute Gasteiger partial charge is 0.352 e. The number of ether oxygens (including phenoxy) is 1. The summed E-state index contributed by atoms with van der Waals surface area (Å²) in [5.74, 6) is -0.357. The van der Waals surface area contributed by atoms with Gasteiger partial charge in [-0.05, 0) is 18.9 Å². The van der Waals surface area contributed by atoms with Crippen LogP contribution in [0.4, 0.5) is 5.69 Å². The average Bonchev–Trinajstić information content (AvgIpc) is 2.76. The lowest BCUT2D eigenvalue weighted by Crippen LogP contribution is -2.39. The lowest BCUT2D eigenvalue weighted by Gasteiger charge is -2.31. The Morgan fingerprint density at radius 3 is 3.00 bits per heavy atom. The minimum absolute atomic E-state index is 0.0532. The second-order valence-electron chi connectivity index (χ2n) is 4.34. The topological polar surface area (TPSA) is 65.6 Å². The molecule has 1 aromatic rings. The van der Waals surface area contributed by atoms with Gasteiger partial charge in [-0.15, -0.1) is 0 Å². The maximum atomic E-state index is 10.8. The second kappa shape index (κ2) is 2.48. The van der Waals surface area contributed by atoms with Crippen molar-refractivity contribution in [2.24, 2.45) is 0 Å². The Hall–Kier alpha value is -1.65. The molecule has 1 aromatic heterocycles. The van der Waals surface area contributed by atoms with Crippen LogP contribution in [0, 0.1) is 0 Å². The van der Waals surface area contributed by atoms with Gasteiger partial charge in [0.2, 0.25) is 5.88 Å². The van der Waals surface area contributed by atoms with Crippen LogP contribution < -0.4 is 9.64 Å². The van der Waals surface area contributed by atoms with E-state index in [1.54, 1.807) is 6.07 Å². The fraction of sp³-hybridized carbons (Fsp3) is 0.500. The van der Waals surface area contributed by atoms with Gasteiger partial charge in [0.05, 0.1) is 6.54 Å². The van der Waals surface area contributed by atoms with Crippen molar-refractivity contribution >= 4 is 11.7 Å². The third-order valence-corrected chi connectivity index (χ3v) is 3.06. The zero-order chi connectivity index (χ0) is 10.6. The molecule has 3 rings (SSSR count). The number of aromatic nitrogens is 1. The van der Waals surface area contributed by atoms with Crippen molar-refractivity contribution in [3.63, 3.8) is 0 Å². The molecular formula is C10H12N2O3. The highest BCUT2D eigenvalue weighted by Gasteiger charge is 2.50. The van der Waals surface area contributed by atoms with E-state index in [4.69, 9.17) is 9.84 Å². The van der Waals surface area contributed by atoms with Crippen molar-refractivity contribution in [3.8, 4) is 5.88 Å². The number of aromatic carboxylic acids is 1. The van der Waals surface area contributed by atoms with Crippen molar-refractivity contribution < 1.29 is 14.6 Å². The van der Waals surface area contributed by atoms with Crippen LogP contribution in [0.3, 0.4) is 0 Å². The summed E-state index contributed by atoms with van der Waals surface area (Å²) < 4.78 is 5.77. The molecule has 2 heterocycles. The number of aromatic amines is 1. The van der Waals surface area contributed by atoms with E-state index < -0.39 is 5.97 Å². The van der Waals surface area contributed by atoms with Crippen molar-refractivity contribution in [2.75, 3.05) is 18.5 Å². The lowest BCUT2D eigenvalue weighted by molar-refractivity contribution is 0.0689. The highest BCUT2D eigenvalue weighted by atomic mass is 16.5. The number of hydrogen-bond acceptors (Lipinski definition) is 3. The third-order valence-electron chi connectivity index (χ3n) is 3.06. The van der Waals surface area contributed by atoms with Gasteiger partial charge in [0.1, 0.15) is 17.0 Å². The predicted molar refractivity (Wildman–Crippen MR) is 53.6 cm³/mol. The van der Waals surface area contributed by atoms with Gasteiger partial charge in [0.25, 0.3) is 0 Å². The predicted octanol–water partition coefficient (Wildman–Crippen LogP) is 1.07. The van der Waals surface area contributed by atoms with Gasteiger partial charge >= 0.3 is 5.97 Å². The van der Waals surface area contributed by atoms with Gasteiger partial charge in [-0.25, -0.2) is 4.79 Å². The molecule has 0 atom stereocenters. The Kier molecular flexibility index (Phi) is 1.43. The number of carbonyl (C=O) groups is 1. The largest absolute Gasteiger partial charge is 0.477 e. The standard InChI is InChI=1S/C10H12N2O3/c1-12-5-10(2-3-10)15-8-7(12)4-6(11-8)9(13)14/h4,11H,2-3,5H2,1H3,(H,13,14). The first-order chi connectivity index (χ1) is 7.10. The van der Waals surface area contributed by atoms with Crippen molar-refractivity contribution in [2.45, 2.75) is 18.4 Å². The van der Waals surface area contributed by atoms with Crippen LogP contribution in [-0.2, 0) is 0 Å². The number of likely N-dealkylation sites (N-methyl/N-ethyl adjacent to an activating group) is 1. The van der Waals surface area contributed by atoms with Gasteiger partial charge < -0.3 is 19.7 Å². The summed E-state index contributed by atoms with van der Waals surface area (Å²) in [5.41, 5.74) is 0.969. The van der Waals surface area contributed by atoms with E-state index in [1.807, 2.05) is 7.05 Å². The Bertz CT molecular complexity index is 434. The molecule has 5 heteroatoms. The van der Waals surface area contributed by atoms with Crippen molar-refractivity contribution in [1.82, 2.24) is 4.98 Å². The molecule has 80 valence electrons. The minimum Gasteiger partial charge on any atom is -0.477 e. The van der Waals surface area contributed by atoms with Gasteiger partial charge in [-0.1, -0.05) is 0 Å². The highest BCUT2D eigenvalue weighted by molar-refractivity contribution is 5.88. The van der Waals surface area contributed by atoms with Crippen LogP contribution in [0.15, 0.2) is 6.07 Å². The second-order valence-corrected chi connectivity index (χ2v) is 4.34. The Morgan fingerprint density at radius 2 is 2.40 bits per heavy atom. The van der Waals surface area contributed by atoms with E-state index in [0.717, 1.165) is 25.1 Å². The number of fused-ring (bicyclic) bond motifs is 1. The number of anilines is 1. The van der Waals surface area contributed by atoms with Gasteiger partial charge in [-0.3, -0.25) is 0 Å². The van der Waals surface area contributed by atoms with Crippen molar-refractivity contribution in [3.05, 3.63) is 11.8 Å². The average molecular weight is 208 g/mol. The molecule has 2 N–H and O–H groups in total. The zero-order valence-electron chi connectivity index (χ0n) is 8.41. The van der Waals surface area contributed by atoms with E-state index in [2.05, 4.69) is 9.88 Å². The molecular weight excluding hydrogens is 196 g/mol. The summed E-state index contributed by atoms with van der Waals surface area (Å²) in [6.45, 7) is 0.844. The number of carboxylic acid groups (broad SMARTS) is 1. The normalized spacial score (nSPS) is 21.0. The zero-order valence-corrected chi connectivity index (χ0v) is 8.41. The van der Waals surface area contributed by atoms with Crippen LogP contribution in [-0.4, -0.2) is 35.3 Å². The molecule has 0 unspecified atom stereocenters. The SMILES string of the molecule is CN1CC2(CC2)Oc2[nH]c(C(=O)O)cc21. The highest BCUT2D eigenvalue weighted by Crippen LogP contribution is 2.47. The molecule has 0 saturated heterocycles. The Morgan fingerprint density at radius 1 is 1.67 bits per heavy atom. The molecule has 0 bridgehead atoms. The summed E-state index contributed by atoms with van der Waals surface area (Å²) in [5, 5.41) is 8.86. The number of nitrogens with one attached hydrogen (secondary N) is 1. The van der Waals surface area contributed by atoms with Gasteiger partial charge in [0.15, 0.2) is 0 Å². The molecule has 0 radical (unpaired) electrons. The van der Waals surface area contributed by atoms with E-state index >= 15 is 0 Å². The molecule has 1 aliphatic heterocycles. The maximum Gasteiger partial charge on any atom is 0.352 e. The number of nitrogens with zero attached hydrogens (tertiary/aromatic N) is 1. The Balaban J connectivity index is 2.02. The first kappa shape index (κ1) is 8.64. The number of H-pyrrole nitrogens is 1.